The quantitative estimate of drug-likeness (QED) is 0.795. The van der Waals surface area contributed by atoms with Crippen LogP contribution < -0.4 is 5.32 Å². The number of aromatic nitrogens is 4. The average molecular weight is 366 g/mol. The van der Waals surface area contributed by atoms with Crippen LogP contribution in [0.5, 0.6) is 0 Å². The molecular weight excluding hydrogens is 344 g/mol. The second-order valence-electron chi connectivity index (χ2n) is 6.03. The fraction of sp³-hybridized carbons (Fsp3) is 0.533. The van der Waals surface area contributed by atoms with Crippen molar-refractivity contribution in [1.29, 1.82) is 0 Å². The molecule has 1 fully saturated rings. The molecule has 25 heavy (non-hydrogen) atoms. The molecule has 3 rings (SSSR count). The minimum absolute atomic E-state index is 0.0138. The summed E-state index contributed by atoms with van der Waals surface area (Å²) >= 11 is 0. The number of anilines is 1. The van der Waals surface area contributed by atoms with Crippen molar-refractivity contribution in [2.45, 2.75) is 26.1 Å². The van der Waals surface area contributed by atoms with Gasteiger partial charge in [0.15, 0.2) is 5.82 Å². The van der Waals surface area contributed by atoms with Crippen molar-refractivity contribution in [3.05, 3.63) is 30.9 Å². The van der Waals surface area contributed by atoms with Crippen LogP contribution in [-0.4, -0.2) is 70.1 Å². The van der Waals surface area contributed by atoms with Gasteiger partial charge in [0.2, 0.25) is 10.0 Å². The van der Waals surface area contributed by atoms with Gasteiger partial charge in [-0.05, 0) is 19.9 Å². The Bertz CT molecular complexity index is 785. The summed E-state index contributed by atoms with van der Waals surface area (Å²) in [5.74, 6) is 1.06. The fourth-order valence-electron chi connectivity index (χ4n) is 2.75. The maximum atomic E-state index is 12.5. The summed E-state index contributed by atoms with van der Waals surface area (Å²) in [6, 6.07) is 1.79. The Balaban J connectivity index is 1.58. The molecule has 1 saturated heterocycles. The number of hydrogen-bond acceptors (Lipinski definition) is 7. The summed E-state index contributed by atoms with van der Waals surface area (Å²) in [6.45, 7) is 4.79. The van der Waals surface area contributed by atoms with Crippen LogP contribution in [0.1, 0.15) is 13.8 Å². The molecule has 1 N–H and O–H groups in total. The van der Waals surface area contributed by atoms with Crippen LogP contribution in [0.15, 0.2) is 30.9 Å². The maximum Gasteiger partial charge on any atom is 0.216 e. The van der Waals surface area contributed by atoms with Crippen LogP contribution in [0, 0.1) is 0 Å². The van der Waals surface area contributed by atoms with Gasteiger partial charge in [-0.2, -0.15) is 9.40 Å². The van der Waals surface area contributed by atoms with Gasteiger partial charge in [0.1, 0.15) is 5.82 Å². The Morgan fingerprint density at radius 1 is 1.28 bits per heavy atom. The van der Waals surface area contributed by atoms with E-state index in [-0.39, 0.29) is 24.5 Å². The number of morpholine rings is 1. The molecule has 136 valence electrons. The second-order valence-corrected chi connectivity index (χ2v) is 8.12. The van der Waals surface area contributed by atoms with Gasteiger partial charge in [-0.3, -0.25) is 4.98 Å². The molecule has 3 heterocycles. The van der Waals surface area contributed by atoms with Gasteiger partial charge in [0.25, 0.3) is 0 Å². The van der Waals surface area contributed by atoms with E-state index in [0.29, 0.717) is 24.7 Å². The van der Waals surface area contributed by atoms with E-state index in [9.17, 15) is 8.42 Å². The molecule has 9 nitrogen and oxygen atoms in total. The molecule has 2 aromatic rings. The van der Waals surface area contributed by atoms with Gasteiger partial charge < -0.3 is 10.1 Å². The number of nitrogens with one attached hydrogen (secondary N) is 1. The highest BCUT2D eigenvalue weighted by atomic mass is 32.2. The lowest BCUT2D eigenvalue weighted by atomic mass is 10.3. The van der Waals surface area contributed by atoms with E-state index in [1.54, 1.807) is 35.5 Å². The largest absolute Gasteiger partial charge is 0.373 e. The first kappa shape index (κ1) is 17.8. The van der Waals surface area contributed by atoms with Crippen molar-refractivity contribution in [1.82, 2.24) is 24.1 Å². The molecule has 0 amide bonds. The van der Waals surface area contributed by atoms with Crippen molar-refractivity contribution >= 4 is 15.8 Å². The van der Waals surface area contributed by atoms with Crippen LogP contribution in [-0.2, 0) is 14.8 Å². The van der Waals surface area contributed by atoms with Crippen LogP contribution in [0.25, 0.3) is 5.82 Å². The lowest BCUT2D eigenvalue weighted by Crippen LogP contribution is -2.49. The first-order chi connectivity index (χ1) is 11.9. The van der Waals surface area contributed by atoms with E-state index in [2.05, 4.69) is 20.4 Å². The minimum Gasteiger partial charge on any atom is -0.373 e. The van der Waals surface area contributed by atoms with Gasteiger partial charge in [-0.25, -0.2) is 18.1 Å². The highest BCUT2D eigenvalue weighted by Crippen LogP contribution is 2.15. The summed E-state index contributed by atoms with van der Waals surface area (Å²) in [5.41, 5.74) is 0. The molecule has 0 unspecified atom stereocenters. The molecule has 1 aliphatic heterocycles. The summed E-state index contributed by atoms with van der Waals surface area (Å²) in [5, 5.41) is 7.11. The zero-order valence-electron chi connectivity index (χ0n) is 14.2. The fourth-order valence-corrected chi connectivity index (χ4v) is 4.24. The van der Waals surface area contributed by atoms with E-state index >= 15 is 0 Å². The predicted octanol–water partition coefficient (Wildman–Crippen LogP) is 0.513. The smallest absolute Gasteiger partial charge is 0.216 e. The van der Waals surface area contributed by atoms with Crippen LogP contribution in [0.3, 0.4) is 0 Å². The van der Waals surface area contributed by atoms with E-state index < -0.39 is 10.0 Å². The number of hydrogen-bond donors (Lipinski definition) is 1. The zero-order valence-corrected chi connectivity index (χ0v) is 15.1. The van der Waals surface area contributed by atoms with Crippen molar-refractivity contribution in [3.63, 3.8) is 0 Å². The minimum atomic E-state index is -3.35. The van der Waals surface area contributed by atoms with Gasteiger partial charge in [-0.15, -0.1) is 0 Å². The standard InChI is InChI=1S/C15H22N6O3S/c1-12-10-20(11-13(2)24-12)25(22,23)7-5-17-14-8-16-9-15(19-14)21-6-3-4-18-21/h3-4,6,8-9,12-13H,5,7,10-11H2,1-2H3,(H,17,19)/t12-,13-/m1/s1. The van der Waals surface area contributed by atoms with E-state index in [0.717, 1.165) is 0 Å². The molecule has 0 radical (unpaired) electrons. The van der Waals surface area contributed by atoms with Gasteiger partial charge in [0, 0.05) is 32.0 Å². The van der Waals surface area contributed by atoms with Crippen molar-refractivity contribution in [3.8, 4) is 5.82 Å². The molecule has 1 aliphatic rings. The number of ether oxygens (including phenoxy) is 1. The molecule has 0 saturated carbocycles. The molecule has 0 spiro atoms. The molecular formula is C15H22N6O3S. The van der Waals surface area contributed by atoms with Crippen molar-refractivity contribution < 1.29 is 13.2 Å². The maximum absolute atomic E-state index is 12.5. The third-order valence-corrected chi connectivity index (χ3v) is 5.61. The first-order valence-electron chi connectivity index (χ1n) is 8.13. The van der Waals surface area contributed by atoms with Crippen LogP contribution in [0.4, 0.5) is 5.82 Å². The lowest BCUT2D eigenvalue weighted by Gasteiger charge is -2.34. The molecule has 10 heteroatoms. The molecule has 0 bridgehead atoms. The highest BCUT2D eigenvalue weighted by molar-refractivity contribution is 7.89. The van der Waals surface area contributed by atoms with Crippen LogP contribution in [0.2, 0.25) is 0 Å². The van der Waals surface area contributed by atoms with Crippen molar-refractivity contribution in [2.24, 2.45) is 0 Å². The molecule has 2 aromatic heterocycles. The normalized spacial score (nSPS) is 22.0. The predicted molar refractivity (Wildman–Crippen MR) is 93.0 cm³/mol. The Hall–Kier alpha value is -2.04. The summed E-state index contributed by atoms with van der Waals surface area (Å²) in [7, 11) is -3.35. The second kappa shape index (κ2) is 7.46. The van der Waals surface area contributed by atoms with E-state index in [1.807, 2.05) is 13.8 Å². The highest BCUT2D eigenvalue weighted by Gasteiger charge is 2.30. The topological polar surface area (TPSA) is 102 Å². The number of rotatable bonds is 6. The molecule has 2 atom stereocenters. The molecule has 0 aromatic carbocycles. The summed E-state index contributed by atoms with van der Waals surface area (Å²) in [6.07, 6.45) is 6.37. The van der Waals surface area contributed by atoms with Crippen LogP contribution >= 0.6 is 0 Å². The van der Waals surface area contributed by atoms with Crippen molar-refractivity contribution in [2.75, 3.05) is 30.7 Å². The number of sulfonamides is 1. The zero-order chi connectivity index (χ0) is 17.9. The lowest BCUT2D eigenvalue weighted by molar-refractivity contribution is -0.0440. The summed E-state index contributed by atoms with van der Waals surface area (Å²) < 4.78 is 33.7. The Kier molecular flexibility index (Phi) is 5.30. The summed E-state index contributed by atoms with van der Waals surface area (Å²) in [4.78, 5) is 8.47. The van der Waals surface area contributed by atoms with Gasteiger partial charge in [0.05, 0.1) is 30.4 Å². The Labute approximate surface area is 147 Å². The van der Waals surface area contributed by atoms with E-state index in [4.69, 9.17) is 4.74 Å². The van der Waals surface area contributed by atoms with Gasteiger partial charge in [-0.1, -0.05) is 0 Å². The number of nitrogens with zero attached hydrogens (tertiary/aromatic N) is 5. The monoisotopic (exact) mass is 366 g/mol. The SMILES string of the molecule is C[C@@H]1CN(S(=O)(=O)CCNc2cncc(-n3cccn3)n2)C[C@@H](C)O1. The van der Waals surface area contributed by atoms with E-state index in [1.165, 1.54) is 4.31 Å². The first-order valence-corrected chi connectivity index (χ1v) is 9.74. The third-order valence-electron chi connectivity index (χ3n) is 3.81. The Morgan fingerprint density at radius 2 is 2.04 bits per heavy atom. The third kappa shape index (κ3) is 4.53. The Morgan fingerprint density at radius 3 is 2.72 bits per heavy atom. The molecule has 0 aliphatic carbocycles. The van der Waals surface area contributed by atoms with Gasteiger partial charge >= 0.3 is 0 Å². The average Bonchev–Trinajstić information content (AvgIpc) is 3.08.